The van der Waals surface area contributed by atoms with E-state index in [1.54, 1.807) is 12.1 Å². The van der Waals surface area contributed by atoms with E-state index >= 15 is 0 Å². The maximum Gasteiger partial charge on any atom is 0.317 e. The van der Waals surface area contributed by atoms with Gasteiger partial charge in [-0.25, -0.2) is 9.18 Å². The second-order valence-corrected chi connectivity index (χ2v) is 5.65. The predicted octanol–water partition coefficient (Wildman–Crippen LogP) is 3.18. The van der Waals surface area contributed by atoms with Gasteiger partial charge in [-0.3, -0.25) is 0 Å². The van der Waals surface area contributed by atoms with Crippen molar-refractivity contribution in [2.45, 2.75) is 45.2 Å². The first-order chi connectivity index (χ1) is 10.1. The monoisotopic (exact) mass is 294 g/mol. The third-order valence-electron chi connectivity index (χ3n) is 3.75. The Morgan fingerprint density at radius 3 is 2.81 bits per heavy atom. The van der Waals surface area contributed by atoms with Gasteiger partial charge in [-0.05, 0) is 57.4 Å². The van der Waals surface area contributed by atoms with Crippen molar-refractivity contribution in [2.24, 2.45) is 0 Å². The standard InChI is InChI=1S/C16H23FN2O2/c1-12(11-21-15-8-6-14(17)7-9-15)18-16(20)19-10-4-3-5-13(19)2/h6-9,12-13H,3-5,10-11H2,1-2H3,(H,18,20). The molecule has 0 aromatic heterocycles. The first-order valence-corrected chi connectivity index (χ1v) is 7.52. The highest BCUT2D eigenvalue weighted by Gasteiger charge is 2.23. The smallest absolute Gasteiger partial charge is 0.317 e. The molecular weight excluding hydrogens is 271 g/mol. The minimum absolute atomic E-state index is 0.0302. The van der Waals surface area contributed by atoms with E-state index in [-0.39, 0.29) is 17.9 Å². The molecule has 1 aliphatic rings. The van der Waals surface area contributed by atoms with Crippen LogP contribution in [0.2, 0.25) is 0 Å². The number of urea groups is 1. The van der Waals surface area contributed by atoms with Crippen LogP contribution in [0, 0.1) is 5.82 Å². The van der Waals surface area contributed by atoms with Crippen molar-refractivity contribution >= 4 is 6.03 Å². The average Bonchev–Trinajstić information content (AvgIpc) is 2.47. The lowest BCUT2D eigenvalue weighted by Gasteiger charge is -2.34. The van der Waals surface area contributed by atoms with Gasteiger partial charge in [0.05, 0.1) is 6.04 Å². The van der Waals surface area contributed by atoms with Crippen molar-refractivity contribution in [3.8, 4) is 5.75 Å². The summed E-state index contributed by atoms with van der Waals surface area (Å²) in [5.74, 6) is 0.312. The topological polar surface area (TPSA) is 41.6 Å². The number of carbonyl (C=O) groups is 1. The number of carbonyl (C=O) groups excluding carboxylic acids is 1. The first-order valence-electron chi connectivity index (χ1n) is 7.52. The van der Waals surface area contributed by atoms with E-state index in [2.05, 4.69) is 12.2 Å². The SMILES string of the molecule is CC(COc1ccc(F)cc1)NC(=O)N1CCCCC1C. The Bertz CT molecular complexity index is 464. The Morgan fingerprint density at radius 2 is 2.14 bits per heavy atom. The number of nitrogens with one attached hydrogen (secondary N) is 1. The lowest BCUT2D eigenvalue weighted by atomic mass is 10.0. The normalized spacial score (nSPS) is 20.0. The zero-order chi connectivity index (χ0) is 15.2. The Hall–Kier alpha value is -1.78. The molecule has 116 valence electrons. The van der Waals surface area contributed by atoms with Crippen molar-refractivity contribution in [1.29, 1.82) is 0 Å². The lowest BCUT2D eigenvalue weighted by Crippen LogP contribution is -2.50. The molecule has 5 heteroatoms. The quantitative estimate of drug-likeness (QED) is 0.926. The number of nitrogens with zero attached hydrogens (tertiary/aromatic N) is 1. The second kappa shape index (κ2) is 7.29. The predicted molar refractivity (Wildman–Crippen MR) is 79.9 cm³/mol. The van der Waals surface area contributed by atoms with E-state index in [1.165, 1.54) is 18.6 Å². The molecule has 1 heterocycles. The Balaban J connectivity index is 1.77. The molecule has 1 saturated heterocycles. The zero-order valence-electron chi connectivity index (χ0n) is 12.6. The fraction of sp³-hybridized carbons (Fsp3) is 0.562. The summed E-state index contributed by atoms with van der Waals surface area (Å²) in [6.07, 6.45) is 3.32. The number of hydrogen-bond donors (Lipinski definition) is 1. The summed E-state index contributed by atoms with van der Waals surface area (Å²) in [5.41, 5.74) is 0. The van der Waals surface area contributed by atoms with Crippen LogP contribution in [0.4, 0.5) is 9.18 Å². The van der Waals surface area contributed by atoms with Crippen molar-refractivity contribution in [3.63, 3.8) is 0 Å². The van der Waals surface area contributed by atoms with Gasteiger partial charge in [0.2, 0.25) is 0 Å². The molecule has 0 bridgehead atoms. The van der Waals surface area contributed by atoms with Crippen LogP contribution in [0.3, 0.4) is 0 Å². The summed E-state index contributed by atoms with van der Waals surface area (Å²) in [6.45, 7) is 5.16. The molecule has 0 aliphatic carbocycles. The summed E-state index contributed by atoms with van der Waals surface area (Å²) in [5, 5.41) is 2.95. The van der Waals surface area contributed by atoms with Crippen molar-refractivity contribution in [2.75, 3.05) is 13.2 Å². The molecule has 1 N–H and O–H groups in total. The van der Waals surface area contributed by atoms with Crippen LogP contribution in [0.15, 0.2) is 24.3 Å². The van der Waals surface area contributed by atoms with Crippen LogP contribution in [-0.2, 0) is 0 Å². The van der Waals surface area contributed by atoms with Crippen molar-refractivity contribution < 1.29 is 13.9 Å². The number of halogens is 1. The summed E-state index contributed by atoms with van der Waals surface area (Å²) in [4.78, 5) is 14.1. The third kappa shape index (κ3) is 4.62. The summed E-state index contributed by atoms with van der Waals surface area (Å²) in [7, 11) is 0. The molecular formula is C16H23FN2O2. The second-order valence-electron chi connectivity index (χ2n) is 5.65. The number of rotatable bonds is 4. The molecule has 1 fully saturated rings. The third-order valence-corrected chi connectivity index (χ3v) is 3.75. The maximum absolute atomic E-state index is 12.8. The largest absolute Gasteiger partial charge is 0.491 e. The van der Waals surface area contributed by atoms with Gasteiger partial charge in [0.15, 0.2) is 0 Å². The van der Waals surface area contributed by atoms with E-state index in [4.69, 9.17) is 4.74 Å². The van der Waals surface area contributed by atoms with Gasteiger partial charge in [-0.15, -0.1) is 0 Å². The number of benzene rings is 1. The van der Waals surface area contributed by atoms with Crippen LogP contribution in [0.1, 0.15) is 33.1 Å². The molecule has 2 rings (SSSR count). The highest BCUT2D eigenvalue weighted by molar-refractivity contribution is 5.74. The van der Waals surface area contributed by atoms with E-state index < -0.39 is 0 Å². The fourth-order valence-corrected chi connectivity index (χ4v) is 2.49. The molecule has 0 radical (unpaired) electrons. The van der Waals surface area contributed by atoms with E-state index in [9.17, 15) is 9.18 Å². The van der Waals surface area contributed by atoms with E-state index in [0.29, 0.717) is 18.4 Å². The van der Waals surface area contributed by atoms with Gasteiger partial charge in [0.1, 0.15) is 18.2 Å². The van der Waals surface area contributed by atoms with Gasteiger partial charge in [-0.1, -0.05) is 0 Å². The molecule has 1 aromatic rings. The van der Waals surface area contributed by atoms with Gasteiger partial charge in [0.25, 0.3) is 0 Å². The highest BCUT2D eigenvalue weighted by Crippen LogP contribution is 2.16. The number of hydrogen-bond acceptors (Lipinski definition) is 2. The van der Waals surface area contributed by atoms with Gasteiger partial charge >= 0.3 is 6.03 Å². The van der Waals surface area contributed by atoms with E-state index in [0.717, 1.165) is 19.4 Å². The van der Waals surface area contributed by atoms with Crippen LogP contribution in [0.5, 0.6) is 5.75 Å². The van der Waals surface area contributed by atoms with Crippen LogP contribution in [0.25, 0.3) is 0 Å². The minimum Gasteiger partial charge on any atom is -0.491 e. The Kier molecular flexibility index (Phi) is 5.42. The zero-order valence-corrected chi connectivity index (χ0v) is 12.6. The molecule has 1 aromatic carbocycles. The molecule has 1 aliphatic heterocycles. The van der Waals surface area contributed by atoms with E-state index in [1.807, 2.05) is 11.8 Å². The van der Waals surface area contributed by atoms with Gasteiger partial charge in [-0.2, -0.15) is 0 Å². The maximum atomic E-state index is 12.8. The summed E-state index contributed by atoms with van der Waals surface area (Å²) < 4.78 is 18.3. The fourth-order valence-electron chi connectivity index (χ4n) is 2.49. The minimum atomic E-state index is -0.289. The van der Waals surface area contributed by atoms with Gasteiger partial charge in [0, 0.05) is 12.6 Å². The summed E-state index contributed by atoms with van der Waals surface area (Å²) >= 11 is 0. The molecule has 2 atom stereocenters. The molecule has 0 spiro atoms. The highest BCUT2D eigenvalue weighted by atomic mass is 19.1. The lowest BCUT2D eigenvalue weighted by molar-refractivity contribution is 0.151. The summed E-state index contributed by atoms with van der Waals surface area (Å²) in [6, 6.07) is 6.04. The average molecular weight is 294 g/mol. The molecule has 2 amide bonds. The Labute approximate surface area is 125 Å². The van der Waals surface area contributed by atoms with Crippen LogP contribution in [-0.4, -0.2) is 36.2 Å². The molecule has 4 nitrogen and oxygen atoms in total. The number of amides is 2. The van der Waals surface area contributed by atoms with Gasteiger partial charge < -0.3 is 15.0 Å². The molecule has 21 heavy (non-hydrogen) atoms. The Morgan fingerprint density at radius 1 is 1.43 bits per heavy atom. The van der Waals surface area contributed by atoms with Crippen molar-refractivity contribution in [3.05, 3.63) is 30.1 Å². The van der Waals surface area contributed by atoms with Crippen LogP contribution < -0.4 is 10.1 Å². The van der Waals surface area contributed by atoms with Crippen LogP contribution >= 0.6 is 0 Å². The first kappa shape index (κ1) is 15.6. The van der Waals surface area contributed by atoms with Crippen molar-refractivity contribution in [1.82, 2.24) is 10.2 Å². The number of likely N-dealkylation sites (tertiary alicyclic amines) is 1. The number of piperidine rings is 1. The molecule has 0 saturated carbocycles. The number of ether oxygens (including phenoxy) is 1. The molecule has 2 unspecified atom stereocenters.